The second-order valence-electron chi connectivity index (χ2n) is 8.00. The molecule has 2 fully saturated rings. The molecule has 30 heavy (non-hydrogen) atoms. The maximum Gasteiger partial charge on any atom is 0.289 e. The van der Waals surface area contributed by atoms with Crippen LogP contribution in [0.1, 0.15) is 40.1 Å². The first-order valence-electron chi connectivity index (χ1n) is 9.93. The van der Waals surface area contributed by atoms with Crippen molar-refractivity contribution in [2.24, 2.45) is 0 Å². The monoisotopic (exact) mass is 496 g/mol. The first kappa shape index (κ1) is 21.5. The molecular formula is C21H25BrN2O5S. The molecule has 4 rings (SSSR count). The van der Waals surface area contributed by atoms with Crippen molar-refractivity contribution in [1.29, 1.82) is 0 Å². The number of furan rings is 1. The molecule has 162 valence electrons. The van der Waals surface area contributed by atoms with E-state index in [4.69, 9.17) is 9.15 Å². The maximum atomic E-state index is 13.6. The van der Waals surface area contributed by atoms with Crippen molar-refractivity contribution >= 4 is 31.9 Å². The highest BCUT2D eigenvalue weighted by Crippen LogP contribution is 2.40. The summed E-state index contributed by atoms with van der Waals surface area (Å²) in [7, 11) is -3.73. The lowest BCUT2D eigenvalue weighted by molar-refractivity contribution is -0.0859. The molecule has 0 bridgehead atoms. The van der Waals surface area contributed by atoms with E-state index in [9.17, 15) is 13.2 Å². The highest BCUT2D eigenvalue weighted by Gasteiger charge is 2.51. The molecule has 2 aliphatic rings. The second kappa shape index (κ2) is 7.78. The van der Waals surface area contributed by atoms with Gasteiger partial charge in [0.2, 0.25) is 10.0 Å². The number of amides is 1. The van der Waals surface area contributed by atoms with E-state index in [-0.39, 0.29) is 11.7 Å². The number of rotatable bonds is 3. The van der Waals surface area contributed by atoms with E-state index in [1.165, 1.54) is 4.31 Å². The van der Waals surface area contributed by atoms with Gasteiger partial charge in [0.1, 0.15) is 5.72 Å². The van der Waals surface area contributed by atoms with Gasteiger partial charge in [-0.2, -0.15) is 4.31 Å². The number of sulfonamides is 1. The Bertz CT molecular complexity index is 1060. The molecule has 2 aliphatic heterocycles. The summed E-state index contributed by atoms with van der Waals surface area (Å²) in [5, 5.41) is 0. The average Bonchev–Trinajstić information content (AvgIpc) is 3.28. The summed E-state index contributed by atoms with van der Waals surface area (Å²) in [6.45, 7) is 7.08. The van der Waals surface area contributed by atoms with E-state index in [1.807, 2.05) is 32.9 Å². The van der Waals surface area contributed by atoms with Crippen LogP contribution in [-0.4, -0.2) is 55.5 Å². The van der Waals surface area contributed by atoms with Crippen molar-refractivity contribution in [3.63, 3.8) is 0 Å². The zero-order chi connectivity index (χ0) is 21.7. The maximum absolute atomic E-state index is 13.6. The molecule has 7 nitrogen and oxygen atoms in total. The normalized spacial score (nSPS) is 19.5. The molecular weight excluding hydrogens is 472 g/mol. The van der Waals surface area contributed by atoms with E-state index in [0.29, 0.717) is 48.6 Å². The van der Waals surface area contributed by atoms with Crippen molar-refractivity contribution in [3.05, 3.63) is 51.4 Å². The molecule has 1 amide bonds. The van der Waals surface area contributed by atoms with E-state index >= 15 is 0 Å². The van der Waals surface area contributed by atoms with Crippen LogP contribution < -0.4 is 0 Å². The summed E-state index contributed by atoms with van der Waals surface area (Å²) in [6.07, 6.45) is 0.841. The Hall–Kier alpha value is -1.68. The molecule has 0 atom stereocenters. The first-order valence-corrected chi connectivity index (χ1v) is 12.2. The molecule has 3 heterocycles. The van der Waals surface area contributed by atoms with Crippen LogP contribution in [0.5, 0.6) is 0 Å². The highest BCUT2D eigenvalue weighted by atomic mass is 79.9. The van der Waals surface area contributed by atoms with Crippen molar-refractivity contribution < 1.29 is 22.4 Å². The number of likely N-dealkylation sites (tertiary alicyclic amines) is 1. The van der Waals surface area contributed by atoms with Gasteiger partial charge in [-0.25, -0.2) is 8.42 Å². The predicted octanol–water partition coefficient (Wildman–Crippen LogP) is 3.62. The summed E-state index contributed by atoms with van der Waals surface area (Å²) in [5.41, 5.74) is 1.60. The topological polar surface area (TPSA) is 80.1 Å². The van der Waals surface area contributed by atoms with E-state index in [0.717, 1.165) is 16.7 Å². The number of carbonyl (C=O) groups excluding carboxylic acids is 1. The Balaban J connectivity index is 1.58. The molecule has 0 radical (unpaired) electrons. The standard InChI is InChI=1S/C21H25BrN2O5S/c1-14-12-15(2)19(16(3)13-14)30(26,27)24-10-11-28-21(24)6-8-23(9-7-21)20(25)17-4-5-18(22)29-17/h4-5,12-13H,6-11H2,1-3H3. The van der Waals surface area contributed by atoms with Crippen LogP contribution in [0.3, 0.4) is 0 Å². The zero-order valence-electron chi connectivity index (χ0n) is 17.3. The molecule has 1 aromatic carbocycles. The summed E-state index contributed by atoms with van der Waals surface area (Å²) in [4.78, 5) is 14.7. The van der Waals surface area contributed by atoms with Gasteiger partial charge in [0.25, 0.3) is 5.91 Å². The fraction of sp³-hybridized carbons (Fsp3) is 0.476. The Morgan fingerprint density at radius 2 is 1.70 bits per heavy atom. The van der Waals surface area contributed by atoms with Crippen molar-refractivity contribution in [1.82, 2.24) is 9.21 Å². The summed E-state index contributed by atoms with van der Waals surface area (Å²) < 4.78 is 40.7. The van der Waals surface area contributed by atoms with Crippen LogP contribution in [0.4, 0.5) is 0 Å². The number of halogens is 1. The number of carbonyl (C=O) groups is 1. The minimum atomic E-state index is -3.73. The zero-order valence-corrected chi connectivity index (χ0v) is 19.7. The van der Waals surface area contributed by atoms with Gasteiger partial charge in [0, 0.05) is 32.5 Å². The number of benzene rings is 1. The van der Waals surface area contributed by atoms with Crippen molar-refractivity contribution in [3.8, 4) is 0 Å². The lowest BCUT2D eigenvalue weighted by Crippen LogP contribution is -2.55. The number of nitrogens with zero attached hydrogens (tertiary/aromatic N) is 2. The second-order valence-corrected chi connectivity index (χ2v) is 10.6. The smallest absolute Gasteiger partial charge is 0.289 e. The van der Waals surface area contributed by atoms with Gasteiger partial charge in [-0.3, -0.25) is 4.79 Å². The summed E-state index contributed by atoms with van der Waals surface area (Å²) in [5.74, 6) is 0.0636. The molecule has 0 N–H and O–H groups in total. The van der Waals surface area contributed by atoms with Crippen LogP contribution in [0.25, 0.3) is 0 Å². The molecule has 1 spiro atoms. The Kier molecular flexibility index (Phi) is 5.59. The number of ether oxygens (including phenoxy) is 1. The van der Waals surface area contributed by atoms with Gasteiger partial charge in [0.15, 0.2) is 10.4 Å². The number of hydrogen-bond acceptors (Lipinski definition) is 5. The number of piperidine rings is 1. The van der Waals surface area contributed by atoms with Crippen LogP contribution in [0.15, 0.2) is 38.2 Å². The third kappa shape index (κ3) is 3.62. The highest BCUT2D eigenvalue weighted by molar-refractivity contribution is 9.10. The van der Waals surface area contributed by atoms with Crippen molar-refractivity contribution in [2.45, 2.75) is 44.2 Å². The SMILES string of the molecule is Cc1cc(C)c(S(=O)(=O)N2CCOC23CCN(C(=O)c2ccc(Br)o2)CC3)c(C)c1. The van der Waals surface area contributed by atoms with Gasteiger partial charge >= 0.3 is 0 Å². The Morgan fingerprint density at radius 1 is 1.07 bits per heavy atom. The van der Waals surface area contributed by atoms with Crippen molar-refractivity contribution in [2.75, 3.05) is 26.2 Å². The lowest BCUT2D eigenvalue weighted by atomic mass is 10.0. The fourth-order valence-corrected chi connectivity index (χ4v) is 7.10. The molecule has 0 saturated carbocycles. The lowest BCUT2D eigenvalue weighted by Gasteiger charge is -2.42. The molecule has 0 unspecified atom stereocenters. The first-order chi connectivity index (χ1) is 14.1. The average molecular weight is 497 g/mol. The third-order valence-corrected chi connectivity index (χ3v) is 8.57. The van der Waals surface area contributed by atoms with Gasteiger partial charge in [-0.05, 0) is 60.0 Å². The van der Waals surface area contributed by atoms with Gasteiger partial charge < -0.3 is 14.1 Å². The van der Waals surface area contributed by atoms with E-state index in [1.54, 1.807) is 17.0 Å². The Labute approximate surface area is 185 Å². The molecule has 9 heteroatoms. The van der Waals surface area contributed by atoms with Crippen LogP contribution in [0, 0.1) is 20.8 Å². The van der Waals surface area contributed by atoms with Gasteiger partial charge in [-0.15, -0.1) is 0 Å². The predicted molar refractivity (Wildman–Crippen MR) is 115 cm³/mol. The fourth-order valence-electron chi connectivity index (χ4n) is 4.66. The summed E-state index contributed by atoms with van der Waals surface area (Å²) in [6, 6.07) is 7.10. The van der Waals surface area contributed by atoms with Crippen LogP contribution in [-0.2, 0) is 14.8 Å². The number of aryl methyl sites for hydroxylation is 3. The van der Waals surface area contributed by atoms with E-state index in [2.05, 4.69) is 15.9 Å². The van der Waals surface area contributed by atoms with E-state index < -0.39 is 15.7 Å². The van der Waals surface area contributed by atoms with Gasteiger partial charge in [0.05, 0.1) is 11.5 Å². The Morgan fingerprint density at radius 3 is 2.27 bits per heavy atom. The number of hydrogen-bond donors (Lipinski definition) is 0. The van der Waals surface area contributed by atoms with Crippen LogP contribution in [0.2, 0.25) is 0 Å². The summed E-state index contributed by atoms with van der Waals surface area (Å²) >= 11 is 3.21. The molecule has 2 saturated heterocycles. The molecule has 1 aromatic heterocycles. The quantitative estimate of drug-likeness (QED) is 0.648. The molecule has 2 aromatic rings. The largest absolute Gasteiger partial charge is 0.444 e. The minimum Gasteiger partial charge on any atom is -0.444 e. The molecule has 0 aliphatic carbocycles. The van der Waals surface area contributed by atoms with Crippen LogP contribution >= 0.6 is 15.9 Å². The minimum absolute atomic E-state index is 0.201. The van der Waals surface area contributed by atoms with Gasteiger partial charge in [-0.1, -0.05) is 17.7 Å². The third-order valence-electron chi connectivity index (χ3n) is 5.89.